The van der Waals surface area contributed by atoms with Crippen LogP contribution < -0.4 is 5.32 Å². The van der Waals surface area contributed by atoms with Crippen molar-refractivity contribution >= 4 is 23.6 Å². The molecule has 0 unspecified atom stereocenters. The van der Waals surface area contributed by atoms with Crippen LogP contribution >= 0.6 is 11.8 Å². The van der Waals surface area contributed by atoms with Crippen molar-refractivity contribution in [3.8, 4) is 0 Å². The lowest BCUT2D eigenvalue weighted by molar-refractivity contribution is -0.138. The Morgan fingerprint density at radius 1 is 1.10 bits per heavy atom. The molecule has 7 heteroatoms. The van der Waals surface area contributed by atoms with Crippen molar-refractivity contribution < 1.29 is 9.59 Å². The fourth-order valence-corrected chi connectivity index (χ4v) is 6.14. The molecule has 6 nitrogen and oxygen atoms in total. The molecule has 0 radical (unpaired) electrons. The van der Waals surface area contributed by atoms with Gasteiger partial charge in [0, 0.05) is 31.1 Å². The van der Waals surface area contributed by atoms with Crippen LogP contribution in [0.4, 0.5) is 0 Å². The van der Waals surface area contributed by atoms with Gasteiger partial charge >= 0.3 is 0 Å². The molecule has 2 fully saturated rings. The summed E-state index contributed by atoms with van der Waals surface area (Å²) in [5.41, 5.74) is 3.29. The van der Waals surface area contributed by atoms with Gasteiger partial charge in [0.2, 0.25) is 11.8 Å². The van der Waals surface area contributed by atoms with E-state index in [-0.39, 0.29) is 11.8 Å². The van der Waals surface area contributed by atoms with E-state index in [0.29, 0.717) is 18.7 Å². The minimum atomic E-state index is -0.431. The molecule has 1 aromatic heterocycles. The summed E-state index contributed by atoms with van der Waals surface area (Å²) >= 11 is 1.71. The van der Waals surface area contributed by atoms with E-state index >= 15 is 0 Å². The lowest BCUT2D eigenvalue weighted by Crippen LogP contribution is -2.49. The van der Waals surface area contributed by atoms with Gasteiger partial charge in [-0.15, -0.1) is 11.8 Å². The van der Waals surface area contributed by atoms with Crippen molar-refractivity contribution in [2.24, 2.45) is 0 Å². The van der Waals surface area contributed by atoms with Crippen LogP contribution in [-0.4, -0.2) is 38.3 Å². The van der Waals surface area contributed by atoms with Crippen LogP contribution in [0.1, 0.15) is 29.5 Å². The molecular weight excluding hydrogens is 408 g/mol. The average molecular weight is 433 g/mol. The number of aromatic nitrogens is 2. The van der Waals surface area contributed by atoms with E-state index in [9.17, 15) is 9.59 Å². The highest BCUT2D eigenvalue weighted by Crippen LogP contribution is 2.54. The molecule has 158 valence electrons. The summed E-state index contributed by atoms with van der Waals surface area (Å²) in [4.78, 5) is 27.2. The van der Waals surface area contributed by atoms with Crippen molar-refractivity contribution in [1.29, 1.82) is 0 Å². The zero-order valence-corrected chi connectivity index (χ0v) is 17.9. The number of nitrogens with zero attached hydrogens (tertiary/aromatic N) is 3. The van der Waals surface area contributed by atoms with Crippen LogP contribution in [0.15, 0.2) is 73.1 Å². The van der Waals surface area contributed by atoms with E-state index in [1.807, 2.05) is 52.2 Å². The molecule has 5 rings (SSSR count). The van der Waals surface area contributed by atoms with Crippen molar-refractivity contribution in [3.63, 3.8) is 0 Å². The van der Waals surface area contributed by atoms with Crippen LogP contribution in [0.5, 0.6) is 0 Å². The van der Waals surface area contributed by atoms with Crippen LogP contribution in [0.25, 0.3) is 0 Å². The smallest absolute Gasteiger partial charge is 0.244 e. The summed E-state index contributed by atoms with van der Waals surface area (Å²) in [6, 6.07) is 19.7. The quantitative estimate of drug-likeness (QED) is 0.650. The Kier molecular flexibility index (Phi) is 5.28. The lowest BCUT2D eigenvalue weighted by atomic mass is 10.0. The second kappa shape index (κ2) is 8.23. The number of amides is 2. The van der Waals surface area contributed by atoms with Crippen LogP contribution in [0, 0.1) is 0 Å². The highest BCUT2D eigenvalue weighted by atomic mass is 32.2. The second-order valence-corrected chi connectivity index (χ2v) is 9.28. The molecule has 0 spiro atoms. The summed E-state index contributed by atoms with van der Waals surface area (Å²) in [6.07, 6.45) is 4.94. The molecule has 3 heterocycles. The first-order valence-corrected chi connectivity index (χ1v) is 11.5. The first-order chi connectivity index (χ1) is 15.2. The second-order valence-electron chi connectivity index (χ2n) is 7.98. The number of thioether (sulfide) groups is 1. The zero-order chi connectivity index (χ0) is 21.3. The normalized spacial score (nSPS) is 22.5. The molecule has 2 aliphatic rings. The molecule has 2 atom stereocenters. The minimum Gasteiger partial charge on any atom is -0.350 e. The van der Waals surface area contributed by atoms with E-state index < -0.39 is 10.9 Å². The minimum absolute atomic E-state index is 0.0666. The van der Waals surface area contributed by atoms with Crippen LogP contribution in [0.2, 0.25) is 0 Å². The molecule has 3 aromatic rings. The van der Waals surface area contributed by atoms with Gasteiger partial charge in [0.25, 0.3) is 0 Å². The fraction of sp³-hybridized carbons (Fsp3) is 0.292. The SMILES string of the molecule is O=C(NCc1ccc(Cn2cccn2)cc1)[C@H]1CS[C@]2(c3ccccc3)CCC(=O)N12. The van der Waals surface area contributed by atoms with Gasteiger partial charge < -0.3 is 10.2 Å². The topological polar surface area (TPSA) is 67.2 Å². The molecule has 2 aliphatic heterocycles. The van der Waals surface area contributed by atoms with Crippen molar-refractivity contribution in [2.45, 2.75) is 36.8 Å². The lowest BCUT2D eigenvalue weighted by Gasteiger charge is -2.34. The summed E-state index contributed by atoms with van der Waals surface area (Å²) in [7, 11) is 0. The molecule has 0 bridgehead atoms. The Balaban J connectivity index is 1.24. The standard InChI is InChI=1S/C24H24N4O2S/c29-22-11-12-24(20-5-2-1-3-6-20)28(22)21(17-31-24)23(30)25-15-18-7-9-19(10-8-18)16-27-14-4-13-26-27/h1-10,13-14,21H,11-12,15-17H2,(H,25,30)/t21-,24+/m1/s1. The maximum absolute atomic E-state index is 13.0. The zero-order valence-electron chi connectivity index (χ0n) is 17.1. The number of fused-ring (bicyclic) bond motifs is 1. The van der Waals surface area contributed by atoms with Gasteiger partial charge in [-0.1, -0.05) is 54.6 Å². The summed E-state index contributed by atoms with van der Waals surface area (Å²) in [5.74, 6) is 0.605. The third-order valence-corrected chi connectivity index (χ3v) is 7.64. The van der Waals surface area contributed by atoms with E-state index in [1.54, 1.807) is 18.0 Å². The van der Waals surface area contributed by atoms with Crippen molar-refractivity contribution in [2.75, 3.05) is 5.75 Å². The van der Waals surface area contributed by atoms with Crippen LogP contribution in [-0.2, 0) is 27.5 Å². The number of rotatable bonds is 6. The average Bonchev–Trinajstić information content (AvgIpc) is 3.52. The Morgan fingerprint density at radius 2 is 1.87 bits per heavy atom. The van der Waals surface area contributed by atoms with E-state index in [4.69, 9.17) is 0 Å². The molecule has 31 heavy (non-hydrogen) atoms. The first kappa shape index (κ1) is 19.9. The van der Waals surface area contributed by atoms with E-state index in [2.05, 4.69) is 34.7 Å². The Bertz CT molecular complexity index is 1070. The van der Waals surface area contributed by atoms with Gasteiger partial charge in [-0.3, -0.25) is 14.3 Å². The Labute approximate surface area is 185 Å². The van der Waals surface area contributed by atoms with Gasteiger partial charge in [0.05, 0.1) is 6.54 Å². The van der Waals surface area contributed by atoms with E-state index in [0.717, 1.165) is 29.7 Å². The maximum atomic E-state index is 13.0. The number of hydrogen-bond acceptors (Lipinski definition) is 4. The summed E-state index contributed by atoms with van der Waals surface area (Å²) < 4.78 is 1.88. The molecule has 1 N–H and O–H groups in total. The van der Waals surface area contributed by atoms with Gasteiger partial charge in [0.15, 0.2) is 0 Å². The third kappa shape index (κ3) is 3.74. The Morgan fingerprint density at radius 3 is 2.61 bits per heavy atom. The monoisotopic (exact) mass is 432 g/mol. The van der Waals surface area contributed by atoms with Crippen LogP contribution in [0.3, 0.4) is 0 Å². The fourth-order valence-electron chi connectivity index (χ4n) is 4.49. The summed E-state index contributed by atoms with van der Waals surface area (Å²) in [6.45, 7) is 1.17. The molecule has 2 aromatic carbocycles. The van der Waals surface area contributed by atoms with Gasteiger partial charge in [-0.25, -0.2) is 0 Å². The predicted molar refractivity (Wildman–Crippen MR) is 120 cm³/mol. The highest BCUT2D eigenvalue weighted by molar-refractivity contribution is 8.00. The Hall–Kier alpha value is -3.06. The van der Waals surface area contributed by atoms with Gasteiger partial charge in [-0.05, 0) is 29.2 Å². The molecule has 0 saturated carbocycles. The molecular formula is C24H24N4O2S. The first-order valence-electron chi connectivity index (χ1n) is 10.5. The third-order valence-electron chi connectivity index (χ3n) is 6.05. The number of carbonyl (C=O) groups is 2. The van der Waals surface area contributed by atoms with Gasteiger partial charge in [0.1, 0.15) is 10.9 Å². The highest BCUT2D eigenvalue weighted by Gasteiger charge is 2.56. The van der Waals surface area contributed by atoms with Gasteiger partial charge in [-0.2, -0.15) is 5.10 Å². The molecule has 2 saturated heterocycles. The van der Waals surface area contributed by atoms with E-state index in [1.165, 1.54) is 0 Å². The number of nitrogens with one attached hydrogen (secondary N) is 1. The molecule has 2 amide bonds. The predicted octanol–water partition coefficient (Wildman–Crippen LogP) is 3.14. The van der Waals surface area contributed by atoms with Crippen molar-refractivity contribution in [1.82, 2.24) is 20.0 Å². The van der Waals surface area contributed by atoms with Crippen molar-refractivity contribution in [3.05, 3.63) is 89.7 Å². The number of carbonyl (C=O) groups excluding carboxylic acids is 2. The maximum Gasteiger partial charge on any atom is 0.244 e. The number of benzene rings is 2. The largest absolute Gasteiger partial charge is 0.350 e. The summed E-state index contributed by atoms with van der Waals surface area (Å²) in [5, 5.41) is 7.27. The number of hydrogen-bond donors (Lipinski definition) is 1. The molecule has 0 aliphatic carbocycles.